The predicted octanol–water partition coefficient (Wildman–Crippen LogP) is 4.42. The molecule has 3 saturated carbocycles. The Kier molecular flexibility index (Phi) is 2.91. The van der Waals surface area contributed by atoms with E-state index in [-0.39, 0.29) is 6.10 Å². The Morgan fingerprint density at radius 3 is 2.37 bits per heavy atom. The molecule has 1 N–H and O–H groups in total. The van der Waals surface area contributed by atoms with Crippen LogP contribution in [0.4, 0.5) is 0 Å². The summed E-state index contributed by atoms with van der Waals surface area (Å²) in [5, 5.41) is 10.5. The molecule has 3 fully saturated rings. The van der Waals surface area contributed by atoms with Crippen LogP contribution in [0.1, 0.15) is 68.1 Å². The number of rotatable bonds is 4. The van der Waals surface area contributed by atoms with Crippen molar-refractivity contribution in [1.82, 2.24) is 0 Å². The maximum Gasteiger partial charge on any atom is 0.0792 e. The van der Waals surface area contributed by atoms with Crippen molar-refractivity contribution >= 4 is 0 Å². The lowest BCUT2D eigenvalue weighted by atomic mass is 9.83. The first-order valence-electron chi connectivity index (χ1n) is 8.07. The van der Waals surface area contributed by atoms with E-state index in [2.05, 4.69) is 24.3 Å². The Morgan fingerprint density at radius 2 is 1.79 bits per heavy atom. The molecule has 0 saturated heterocycles. The predicted molar refractivity (Wildman–Crippen MR) is 76.9 cm³/mol. The van der Waals surface area contributed by atoms with Crippen LogP contribution in [0.3, 0.4) is 0 Å². The minimum atomic E-state index is -0.238. The van der Waals surface area contributed by atoms with Crippen LogP contribution in [0.15, 0.2) is 24.3 Å². The van der Waals surface area contributed by atoms with Gasteiger partial charge in [-0.15, -0.1) is 0 Å². The fourth-order valence-electron chi connectivity index (χ4n) is 4.49. The highest BCUT2D eigenvalue weighted by atomic mass is 16.3. The summed E-state index contributed by atoms with van der Waals surface area (Å²) in [4.78, 5) is 0. The van der Waals surface area contributed by atoms with Crippen LogP contribution in [0.5, 0.6) is 0 Å². The maximum atomic E-state index is 10.5. The summed E-state index contributed by atoms with van der Waals surface area (Å²) < 4.78 is 0. The molecule has 4 atom stereocenters. The van der Waals surface area contributed by atoms with Crippen LogP contribution in [0.2, 0.25) is 0 Å². The van der Waals surface area contributed by atoms with Gasteiger partial charge in [-0.25, -0.2) is 0 Å². The number of benzene rings is 1. The monoisotopic (exact) mass is 256 g/mol. The Bertz CT molecular complexity index is 445. The quantitative estimate of drug-likeness (QED) is 0.845. The van der Waals surface area contributed by atoms with E-state index in [9.17, 15) is 5.11 Å². The highest BCUT2D eigenvalue weighted by molar-refractivity contribution is 5.29. The SMILES string of the molecule is OC(CC1CC2CCC1C2)c1ccc(C2CC2)cc1. The molecule has 1 heteroatoms. The van der Waals surface area contributed by atoms with Gasteiger partial charge in [0.2, 0.25) is 0 Å². The number of hydrogen-bond acceptors (Lipinski definition) is 1. The Balaban J connectivity index is 1.40. The van der Waals surface area contributed by atoms with Crippen LogP contribution in [0.25, 0.3) is 0 Å². The first kappa shape index (κ1) is 12.0. The van der Waals surface area contributed by atoms with Crippen molar-refractivity contribution in [3.05, 3.63) is 35.4 Å². The number of aliphatic hydroxyl groups is 1. The maximum absolute atomic E-state index is 10.5. The summed E-state index contributed by atoms with van der Waals surface area (Å²) >= 11 is 0. The first-order chi connectivity index (χ1) is 9.29. The third kappa shape index (κ3) is 2.33. The van der Waals surface area contributed by atoms with Gasteiger partial charge in [0.15, 0.2) is 0 Å². The van der Waals surface area contributed by atoms with Crippen LogP contribution < -0.4 is 0 Å². The molecule has 102 valence electrons. The molecule has 0 radical (unpaired) electrons. The van der Waals surface area contributed by atoms with Crippen molar-refractivity contribution in [2.75, 3.05) is 0 Å². The van der Waals surface area contributed by atoms with Gasteiger partial charge in [0, 0.05) is 0 Å². The van der Waals surface area contributed by atoms with Gasteiger partial charge in [-0.05, 0) is 73.3 Å². The van der Waals surface area contributed by atoms with Gasteiger partial charge in [0.25, 0.3) is 0 Å². The first-order valence-corrected chi connectivity index (χ1v) is 8.07. The Hall–Kier alpha value is -0.820. The molecule has 0 aromatic heterocycles. The average Bonchev–Trinajstić information content (AvgIpc) is 3.09. The zero-order valence-electron chi connectivity index (χ0n) is 11.6. The van der Waals surface area contributed by atoms with E-state index in [4.69, 9.17) is 0 Å². The molecule has 19 heavy (non-hydrogen) atoms. The van der Waals surface area contributed by atoms with Crippen molar-refractivity contribution < 1.29 is 5.11 Å². The summed E-state index contributed by atoms with van der Waals surface area (Å²) in [6.07, 6.45) is 9.15. The summed E-state index contributed by atoms with van der Waals surface area (Å²) in [5.41, 5.74) is 2.60. The molecule has 1 nitrogen and oxygen atoms in total. The second kappa shape index (κ2) is 4.63. The van der Waals surface area contributed by atoms with Crippen molar-refractivity contribution in [1.29, 1.82) is 0 Å². The largest absolute Gasteiger partial charge is 0.388 e. The molecule has 0 heterocycles. The highest BCUT2D eigenvalue weighted by Crippen LogP contribution is 2.51. The second-order valence-corrected chi connectivity index (χ2v) is 7.13. The van der Waals surface area contributed by atoms with Crippen LogP contribution in [-0.2, 0) is 0 Å². The topological polar surface area (TPSA) is 20.2 Å². The van der Waals surface area contributed by atoms with Crippen molar-refractivity contribution in [3.8, 4) is 0 Å². The molecule has 3 aliphatic carbocycles. The van der Waals surface area contributed by atoms with E-state index in [1.54, 1.807) is 0 Å². The molecule has 0 aliphatic heterocycles. The summed E-state index contributed by atoms with van der Waals surface area (Å²) in [5.74, 6) is 3.51. The number of hydrogen-bond donors (Lipinski definition) is 1. The van der Waals surface area contributed by atoms with Gasteiger partial charge in [-0.3, -0.25) is 0 Å². The fraction of sp³-hybridized carbons (Fsp3) is 0.667. The molecule has 0 spiro atoms. The molecular weight excluding hydrogens is 232 g/mol. The van der Waals surface area contributed by atoms with E-state index in [0.717, 1.165) is 35.7 Å². The van der Waals surface area contributed by atoms with E-state index < -0.39 is 0 Å². The minimum absolute atomic E-state index is 0.238. The van der Waals surface area contributed by atoms with Crippen molar-refractivity contribution in [2.24, 2.45) is 17.8 Å². The molecule has 1 aromatic carbocycles. The van der Waals surface area contributed by atoms with Crippen molar-refractivity contribution in [2.45, 2.75) is 57.0 Å². The number of aliphatic hydroxyl groups excluding tert-OH is 1. The van der Waals surface area contributed by atoms with E-state index in [0.29, 0.717) is 0 Å². The summed E-state index contributed by atoms with van der Waals surface area (Å²) in [7, 11) is 0. The van der Waals surface area contributed by atoms with Gasteiger partial charge in [-0.1, -0.05) is 30.7 Å². The zero-order valence-corrected chi connectivity index (χ0v) is 11.6. The number of fused-ring (bicyclic) bond motifs is 2. The van der Waals surface area contributed by atoms with E-state index in [1.807, 2.05) is 0 Å². The van der Waals surface area contributed by atoms with Gasteiger partial charge >= 0.3 is 0 Å². The van der Waals surface area contributed by atoms with Gasteiger partial charge in [-0.2, -0.15) is 0 Å². The fourth-order valence-corrected chi connectivity index (χ4v) is 4.49. The molecule has 2 bridgehead atoms. The lowest BCUT2D eigenvalue weighted by molar-refractivity contribution is 0.125. The van der Waals surface area contributed by atoms with Crippen molar-refractivity contribution in [3.63, 3.8) is 0 Å². The highest BCUT2D eigenvalue weighted by Gasteiger charge is 2.40. The lowest BCUT2D eigenvalue weighted by Gasteiger charge is -2.24. The third-order valence-corrected chi connectivity index (χ3v) is 5.78. The Morgan fingerprint density at radius 1 is 1.00 bits per heavy atom. The normalized spacial score (nSPS) is 34.7. The molecule has 3 aliphatic rings. The molecule has 4 rings (SSSR count). The van der Waals surface area contributed by atoms with E-state index >= 15 is 0 Å². The standard InChI is InChI=1S/C18H24O/c19-18(11-17-10-12-1-2-16(17)9-12)15-7-5-14(6-8-15)13-3-4-13/h5-8,12-13,16-19H,1-4,9-11H2. The van der Waals surface area contributed by atoms with Crippen LogP contribution in [-0.4, -0.2) is 5.11 Å². The molecule has 0 amide bonds. The molecule has 1 aromatic rings. The van der Waals surface area contributed by atoms with E-state index in [1.165, 1.54) is 44.1 Å². The lowest BCUT2D eigenvalue weighted by Crippen LogP contribution is -2.14. The van der Waals surface area contributed by atoms with Crippen LogP contribution >= 0.6 is 0 Å². The summed E-state index contributed by atoms with van der Waals surface area (Å²) in [6.45, 7) is 0. The van der Waals surface area contributed by atoms with Gasteiger partial charge in [0.1, 0.15) is 0 Å². The van der Waals surface area contributed by atoms with Gasteiger partial charge < -0.3 is 5.11 Å². The molecule has 4 unspecified atom stereocenters. The van der Waals surface area contributed by atoms with Crippen LogP contribution in [0, 0.1) is 17.8 Å². The average molecular weight is 256 g/mol. The minimum Gasteiger partial charge on any atom is -0.388 e. The van der Waals surface area contributed by atoms with Gasteiger partial charge in [0.05, 0.1) is 6.10 Å². The molecular formula is C18H24O. The Labute approximate surface area is 116 Å². The second-order valence-electron chi connectivity index (χ2n) is 7.13. The third-order valence-electron chi connectivity index (χ3n) is 5.78. The summed E-state index contributed by atoms with van der Waals surface area (Å²) in [6, 6.07) is 8.78. The zero-order chi connectivity index (χ0) is 12.8. The smallest absolute Gasteiger partial charge is 0.0792 e.